The van der Waals surface area contributed by atoms with Crippen LogP contribution in [-0.4, -0.2) is 20.0 Å². The Kier molecular flexibility index (Phi) is 3.08. The summed E-state index contributed by atoms with van der Waals surface area (Å²) in [4.78, 5) is 4.24. The van der Waals surface area contributed by atoms with E-state index in [1.807, 2.05) is 18.3 Å². The number of nitrogens with zero attached hydrogens (tertiary/aromatic N) is 4. The number of pyridine rings is 1. The molecule has 0 amide bonds. The van der Waals surface area contributed by atoms with E-state index in [0.717, 1.165) is 15.9 Å². The predicted molar refractivity (Wildman–Crippen MR) is 59.0 cm³/mol. The molecule has 2 aromatic rings. The molecule has 78 valence electrons. The Morgan fingerprint density at radius 2 is 2.20 bits per heavy atom. The highest BCUT2D eigenvalue weighted by molar-refractivity contribution is 9.10. The normalized spacial score (nSPS) is 10.5. The van der Waals surface area contributed by atoms with Gasteiger partial charge in [-0.2, -0.15) is 0 Å². The zero-order valence-corrected chi connectivity index (χ0v) is 9.55. The molecular formula is C9H10BrN5. The molecule has 2 rings (SSSR count). The fourth-order valence-electron chi connectivity index (χ4n) is 1.18. The summed E-state index contributed by atoms with van der Waals surface area (Å²) in [6.07, 6.45) is 3.58. The van der Waals surface area contributed by atoms with Gasteiger partial charge in [0.2, 0.25) is 0 Å². The average molecular weight is 268 g/mol. The fraction of sp³-hybridized carbons (Fsp3) is 0.222. The lowest BCUT2D eigenvalue weighted by molar-refractivity contribution is 0.638. The zero-order valence-electron chi connectivity index (χ0n) is 7.97. The zero-order chi connectivity index (χ0) is 10.7. The minimum absolute atomic E-state index is 0.410. The highest BCUT2D eigenvalue weighted by atomic mass is 79.9. The molecule has 0 saturated carbocycles. The second-order valence-corrected chi connectivity index (χ2v) is 4.00. The van der Waals surface area contributed by atoms with E-state index in [2.05, 4.69) is 31.2 Å². The van der Waals surface area contributed by atoms with E-state index in [1.54, 1.807) is 10.9 Å². The van der Waals surface area contributed by atoms with E-state index < -0.39 is 0 Å². The average Bonchev–Trinajstić information content (AvgIpc) is 2.69. The van der Waals surface area contributed by atoms with Crippen LogP contribution in [0.2, 0.25) is 0 Å². The van der Waals surface area contributed by atoms with Gasteiger partial charge in [-0.3, -0.25) is 4.98 Å². The molecule has 0 aliphatic carbocycles. The van der Waals surface area contributed by atoms with Crippen LogP contribution in [0.15, 0.2) is 29.0 Å². The smallest absolute Gasteiger partial charge is 0.0962 e. The number of halogens is 1. The third-order valence-electron chi connectivity index (χ3n) is 1.91. The summed E-state index contributed by atoms with van der Waals surface area (Å²) in [5, 5.41) is 7.84. The van der Waals surface area contributed by atoms with E-state index >= 15 is 0 Å². The van der Waals surface area contributed by atoms with Gasteiger partial charge in [-0.1, -0.05) is 5.21 Å². The number of hydrogen-bond acceptors (Lipinski definition) is 4. The maximum atomic E-state index is 5.44. The molecule has 0 radical (unpaired) electrons. The lowest BCUT2D eigenvalue weighted by atomic mass is 10.3. The highest BCUT2D eigenvalue weighted by Crippen LogP contribution is 2.08. The molecule has 0 bridgehead atoms. The first-order valence-electron chi connectivity index (χ1n) is 4.47. The lowest BCUT2D eigenvalue weighted by Crippen LogP contribution is -2.02. The standard InChI is InChI=1S/C9H10BrN5/c10-7-1-2-8(12-4-7)5-15-6-9(3-11)13-14-15/h1-2,4,6H,3,5,11H2. The molecule has 0 unspecified atom stereocenters. The van der Waals surface area contributed by atoms with Gasteiger partial charge >= 0.3 is 0 Å². The Morgan fingerprint density at radius 3 is 2.80 bits per heavy atom. The van der Waals surface area contributed by atoms with Crippen molar-refractivity contribution in [2.45, 2.75) is 13.1 Å². The Labute approximate surface area is 95.4 Å². The van der Waals surface area contributed by atoms with Crippen LogP contribution in [0.5, 0.6) is 0 Å². The van der Waals surface area contributed by atoms with E-state index in [0.29, 0.717) is 13.1 Å². The molecule has 0 aromatic carbocycles. The molecule has 6 heteroatoms. The van der Waals surface area contributed by atoms with Crippen molar-refractivity contribution in [1.82, 2.24) is 20.0 Å². The van der Waals surface area contributed by atoms with Crippen molar-refractivity contribution < 1.29 is 0 Å². The summed E-state index contributed by atoms with van der Waals surface area (Å²) < 4.78 is 2.69. The third kappa shape index (κ3) is 2.60. The molecule has 5 nitrogen and oxygen atoms in total. The molecule has 0 fully saturated rings. The van der Waals surface area contributed by atoms with Crippen LogP contribution >= 0.6 is 15.9 Å². The molecule has 2 heterocycles. The number of aromatic nitrogens is 4. The maximum absolute atomic E-state index is 5.44. The van der Waals surface area contributed by atoms with Crippen molar-refractivity contribution in [2.75, 3.05) is 0 Å². The van der Waals surface area contributed by atoms with Gasteiger partial charge in [-0.25, -0.2) is 4.68 Å². The van der Waals surface area contributed by atoms with E-state index in [-0.39, 0.29) is 0 Å². The number of rotatable bonds is 3. The Morgan fingerprint density at radius 1 is 1.33 bits per heavy atom. The summed E-state index contributed by atoms with van der Waals surface area (Å²) in [5.74, 6) is 0. The molecule has 0 spiro atoms. The molecule has 15 heavy (non-hydrogen) atoms. The first-order chi connectivity index (χ1) is 7.28. The fourth-order valence-corrected chi connectivity index (χ4v) is 1.41. The minimum atomic E-state index is 0.410. The van der Waals surface area contributed by atoms with Crippen LogP contribution in [0.25, 0.3) is 0 Å². The summed E-state index contributed by atoms with van der Waals surface area (Å²) in [5.41, 5.74) is 7.16. The number of nitrogens with two attached hydrogens (primary N) is 1. The summed E-state index contributed by atoms with van der Waals surface area (Å²) in [6.45, 7) is 1.02. The SMILES string of the molecule is NCc1cn(Cc2ccc(Br)cn2)nn1. The molecule has 0 atom stereocenters. The third-order valence-corrected chi connectivity index (χ3v) is 2.38. The molecule has 0 aliphatic rings. The number of hydrogen-bond donors (Lipinski definition) is 1. The second kappa shape index (κ2) is 4.50. The largest absolute Gasteiger partial charge is 0.325 e. The van der Waals surface area contributed by atoms with Crippen molar-refractivity contribution in [1.29, 1.82) is 0 Å². The van der Waals surface area contributed by atoms with Crippen molar-refractivity contribution in [3.05, 3.63) is 40.4 Å². The first-order valence-corrected chi connectivity index (χ1v) is 5.27. The topological polar surface area (TPSA) is 69.6 Å². The van der Waals surface area contributed by atoms with Gasteiger partial charge in [0.15, 0.2) is 0 Å². The van der Waals surface area contributed by atoms with E-state index in [1.165, 1.54) is 0 Å². The van der Waals surface area contributed by atoms with Crippen LogP contribution in [0.3, 0.4) is 0 Å². The maximum Gasteiger partial charge on any atom is 0.0962 e. The molecule has 0 saturated heterocycles. The molecule has 0 aliphatic heterocycles. The Balaban J connectivity index is 2.11. The second-order valence-electron chi connectivity index (χ2n) is 3.08. The minimum Gasteiger partial charge on any atom is -0.325 e. The van der Waals surface area contributed by atoms with Gasteiger partial charge < -0.3 is 5.73 Å². The van der Waals surface area contributed by atoms with Crippen molar-refractivity contribution >= 4 is 15.9 Å². The van der Waals surface area contributed by atoms with E-state index in [9.17, 15) is 0 Å². The van der Waals surface area contributed by atoms with Crippen molar-refractivity contribution in [3.8, 4) is 0 Å². The summed E-state index contributed by atoms with van der Waals surface area (Å²) in [6, 6.07) is 3.89. The first kappa shape index (κ1) is 10.3. The van der Waals surface area contributed by atoms with Crippen LogP contribution < -0.4 is 5.73 Å². The van der Waals surface area contributed by atoms with Gasteiger partial charge in [0, 0.05) is 17.2 Å². The predicted octanol–water partition coefficient (Wildman–Crippen LogP) is 0.943. The van der Waals surface area contributed by atoms with Gasteiger partial charge in [-0.05, 0) is 28.1 Å². The van der Waals surface area contributed by atoms with Crippen LogP contribution in [0.4, 0.5) is 0 Å². The van der Waals surface area contributed by atoms with Crippen LogP contribution in [0, 0.1) is 0 Å². The Bertz CT molecular complexity index is 436. The van der Waals surface area contributed by atoms with Gasteiger partial charge in [0.05, 0.1) is 24.1 Å². The van der Waals surface area contributed by atoms with Gasteiger partial charge in [-0.15, -0.1) is 5.10 Å². The highest BCUT2D eigenvalue weighted by Gasteiger charge is 2.00. The van der Waals surface area contributed by atoms with Gasteiger partial charge in [0.25, 0.3) is 0 Å². The summed E-state index contributed by atoms with van der Waals surface area (Å²) >= 11 is 3.33. The quantitative estimate of drug-likeness (QED) is 0.899. The monoisotopic (exact) mass is 267 g/mol. The molecule has 2 aromatic heterocycles. The van der Waals surface area contributed by atoms with Crippen LogP contribution in [0.1, 0.15) is 11.4 Å². The van der Waals surface area contributed by atoms with Crippen LogP contribution in [-0.2, 0) is 13.1 Å². The molecular weight excluding hydrogens is 258 g/mol. The Hall–Kier alpha value is -1.27. The van der Waals surface area contributed by atoms with Crippen molar-refractivity contribution in [3.63, 3.8) is 0 Å². The van der Waals surface area contributed by atoms with E-state index in [4.69, 9.17) is 5.73 Å². The summed E-state index contributed by atoms with van der Waals surface area (Å²) in [7, 11) is 0. The van der Waals surface area contributed by atoms with Gasteiger partial charge in [0.1, 0.15) is 0 Å². The molecule has 2 N–H and O–H groups in total. The van der Waals surface area contributed by atoms with Crippen molar-refractivity contribution in [2.24, 2.45) is 5.73 Å². The lowest BCUT2D eigenvalue weighted by Gasteiger charge is -1.99.